The molecular weight excluding hydrogens is 268 g/mol. The largest absolute Gasteiger partial charge is 0.490 e. The molecule has 1 aromatic carbocycles. The summed E-state index contributed by atoms with van der Waals surface area (Å²) in [6.45, 7) is 5.84. The van der Waals surface area contributed by atoms with E-state index in [-0.39, 0.29) is 6.01 Å². The molecular formula is C15H16N4O2. The summed E-state index contributed by atoms with van der Waals surface area (Å²) in [4.78, 5) is 16.4. The first-order valence-corrected chi connectivity index (χ1v) is 6.36. The number of benzene rings is 1. The SMILES string of the molecule is C=CCOc1ccc(/C=N/c2nc(C)nc(OC)n2)cc1. The Morgan fingerprint density at radius 2 is 1.95 bits per heavy atom. The number of hydrogen-bond acceptors (Lipinski definition) is 6. The van der Waals surface area contributed by atoms with Gasteiger partial charge in [-0.15, -0.1) is 0 Å². The minimum Gasteiger partial charge on any atom is -0.490 e. The molecule has 1 aromatic heterocycles. The van der Waals surface area contributed by atoms with Crippen molar-refractivity contribution in [3.8, 4) is 11.8 Å². The molecule has 0 atom stereocenters. The average Bonchev–Trinajstić information content (AvgIpc) is 2.51. The lowest BCUT2D eigenvalue weighted by Crippen LogP contribution is -1.97. The molecule has 0 spiro atoms. The Kier molecular flexibility index (Phi) is 4.98. The third-order valence-corrected chi connectivity index (χ3v) is 2.47. The summed E-state index contributed by atoms with van der Waals surface area (Å²) in [6.07, 6.45) is 3.37. The molecule has 0 saturated carbocycles. The van der Waals surface area contributed by atoms with Crippen molar-refractivity contribution < 1.29 is 9.47 Å². The van der Waals surface area contributed by atoms with Crippen LogP contribution in [0.25, 0.3) is 0 Å². The Labute approximate surface area is 123 Å². The first-order chi connectivity index (χ1) is 10.2. The van der Waals surface area contributed by atoms with Crippen LogP contribution in [0.5, 0.6) is 11.8 Å². The van der Waals surface area contributed by atoms with E-state index in [1.54, 1.807) is 19.2 Å². The van der Waals surface area contributed by atoms with Crippen LogP contribution in [-0.2, 0) is 0 Å². The van der Waals surface area contributed by atoms with Gasteiger partial charge < -0.3 is 9.47 Å². The van der Waals surface area contributed by atoms with Crippen LogP contribution >= 0.6 is 0 Å². The summed E-state index contributed by atoms with van der Waals surface area (Å²) in [6, 6.07) is 7.78. The molecule has 2 rings (SSSR count). The molecule has 0 unspecified atom stereocenters. The van der Waals surface area contributed by atoms with Crippen LogP contribution in [-0.4, -0.2) is 34.9 Å². The molecule has 0 amide bonds. The second-order valence-electron chi connectivity index (χ2n) is 4.10. The molecule has 0 saturated heterocycles. The number of ether oxygens (including phenoxy) is 2. The van der Waals surface area contributed by atoms with Crippen molar-refractivity contribution in [1.29, 1.82) is 0 Å². The summed E-state index contributed by atoms with van der Waals surface area (Å²) in [7, 11) is 1.50. The maximum Gasteiger partial charge on any atom is 0.321 e. The van der Waals surface area contributed by atoms with E-state index in [0.29, 0.717) is 18.4 Å². The number of aryl methyl sites for hydroxylation is 1. The van der Waals surface area contributed by atoms with E-state index >= 15 is 0 Å². The average molecular weight is 284 g/mol. The van der Waals surface area contributed by atoms with Crippen LogP contribution in [0.4, 0.5) is 5.95 Å². The minimum absolute atomic E-state index is 0.253. The molecule has 0 aliphatic carbocycles. The van der Waals surface area contributed by atoms with Gasteiger partial charge in [0.1, 0.15) is 18.2 Å². The molecule has 0 fully saturated rings. The lowest BCUT2D eigenvalue weighted by molar-refractivity contribution is 0.363. The van der Waals surface area contributed by atoms with E-state index in [0.717, 1.165) is 11.3 Å². The fraction of sp³-hybridized carbons (Fsp3) is 0.200. The van der Waals surface area contributed by atoms with Crippen molar-refractivity contribution in [3.05, 3.63) is 48.3 Å². The van der Waals surface area contributed by atoms with E-state index in [9.17, 15) is 0 Å². The Balaban J connectivity index is 2.10. The number of aromatic nitrogens is 3. The topological polar surface area (TPSA) is 69.5 Å². The third-order valence-electron chi connectivity index (χ3n) is 2.47. The van der Waals surface area contributed by atoms with Crippen molar-refractivity contribution in [3.63, 3.8) is 0 Å². The second kappa shape index (κ2) is 7.14. The van der Waals surface area contributed by atoms with Gasteiger partial charge in [-0.1, -0.05) is 12.7 Å². The number of methoxy groups -OCH3 is 1. The molecule has 2 aromatic rings. The highest BCUT2D eigenvalue weighted by Gasteiger charge is 2.01. The number of nitrogens with zero attached hydrogens (tertiary/aromatic N) is 4. The lowest BCUT2D eigenvalue weighted by atomic mass is 10.2. The quantitative estimate of drug-likeness (QED) is 0.602. The summed E-state index contributed by atoms with van der Waals surface area (Å²) < 4.78 is 10.4. The molecule has 0 aliphatic rings. The number of rotatable bonds is 6. The smallest absolute Gasteiger partial charge is 0.321 e. The predicted molar refractivity (Wildman–Crippen MR) is 80.5 cm³/mol. The standard InChI is InChI=1S/C15H16N4O2/c1-4-9-21-13-7-5-12(6-8-13)10-16-14-17-11(2)18-15(19-14)20-3/h4-8,10H,1,9H2,2-3H3/b16-10+. The Morgan fingerprint density at radius 1 is 1.19 bits per heavy atom. The van der Waals surface area contributed by atoms with Crippen molar-refractivity contribution in [2.45, 2.75) is 6.92 Å². The third kappa shape index (κ3) is 4.38. The number of aliphatic imine (C=N–C) groups is 1. The first-order valence-electron chi connectivity index (χ1n) is 6.36. The summed E-state index contributed by atoms with van der Waals surface area (Å²) in [5.41, 5.74) is 0.915. The van der Waals surface area contributed by atoms with Crippen LogP contribution in [0.15, 0.2) is 41.9 Å². The van der Waals surface area contributed by atoms with Gasteiger partial charge in [0.25, 0.3) is 5.95 Å². The van der Waals surface area contributed by atoms with Crippen molar-refractivity contribution in [1.82, 2.24) is 15.0 Å². The van der Waals surface area contributed by atoms with Crippen LogP contribution in [0.1, 0.15) is 11.4 Å². The predicted octanol–water partition coefficient (Wildman–Crippen LogP) is 2.50. The van der Waals surface area contributed by atoms with Gasteiger partial charge in [0.15, 0.2) is 0 Å². The molecule has 6 nitrogen and oxygen atoms in total. The molecule has 0 aliphatic heterocycles. The highest BCUT2D eigenvalue weighted by atomic mass is 16.5. The van der Waals surface area contributed by atoms with Gasteiger partial charge in [-0.05, 0) is 36.8 Å². The van der Waals surface area contributed by atoms with Crippen LogP contribution in [0.2, 0.25) is 0 Å². The van der Waals surface area contributed by atoms with Crippen molar-refractivity contribution >= 4 is 12.2 Å². The molecule has 1 heterocycles. The zero-order valence-corrected chi connectivity index (χ0v) is 12.0. The number of hydrogen-bond donors (Lipinski definition) is 0. The van der Waals surface area contributed by atoms with E-state index in [1.165, 1.54) is 7.11 Å². The van der Waals surface area contributed by atoms with Crippen molar-refractivity contribution in [2.75, 3.05) is 13.7 Å². The van der Waals surface area contributed by atoms with Crippen molar-refractivity contribution in [2.24, 2.45) is 4.99 Å². The molecule has 0 bridgehead atoms. The Hall–Kier alpha value is -2.76. The van der Waals surface area contributed by atoms with E-state index < -0.39 is 0 Å². The van der Waals surface area contributed by atoms with Gasteiger partial charge in [-0.3, -0.25) is 0 Å². The van der Waals surface area contributed by atoms with Crippen LogP contribution in [0.3, 0.4) is 0 Å². The summed E-state index contributed by atoms with van der Waals surface area (Å²) in [5, 5.41) is 0. The van der Waals surface area contributed by atoms with Gasteiger partial charge in [0.2, 0.25) is 0 Å². The van der Waals surface area contributed by atoms with Gasteiger partial charge in [0, 0.05) is 6.21 Å². The van der Waals surface area contributed by atoms with Gasteiger partial charge in [-0.2, -0.15) is 15.0 Å². The van der Waals surface area contributed by atoms with E-state index in [2.05, 4.69) is 26.5 Å². The molecule has 21 heavy (non-hydrogen) atoms. The molecule has 0 N–H and O–H groups in total. The fourth-order valence-corrected chi connectivity index (χ4v) is 1.53. The zero-order chi connectivity index (χ0) is 15.1. The molecule has 0 radical (unpaired) electrons. The van der Waals surface area contributed by atoms with Gasteiger partial charge in [0.05, 0.1) is 7.11 Å². The Morgan fingerprint density at radius 3 is 2.62 bits per heavy atom. The maximum absolute atomic E-state index is 5.41. The van der Waals surface area contributed by atoms with E-state index in [1.807, 2.05) is 24.3 Å². The highest BCUT2D eigenvalue weighted by molar-refractivity contribution is 5.81. The summed E-state index contributed by atoms with van der Waals surface area (Å²) >= 11 is 0. The highest BCUT2D eigenvalue weighted by Crippen LogP contribution is 2.13. The lowest BCUT2D eigenvalue weighted by Gasteiger charge is -2.02. The fourth-order valence-electron chi connectivity index (χ4n) is 1.53. The molecule has 6 heteroatoms. The van der Waals surface area contributed by atoms with E-state index in [4.69, 9.17) is 9.47 Å². The normalized spacial score (nSPS) is 10.6. The minimum atomic E-state index is 0.253. The molecule has 108 valence electrons. The van der Waals surface area contributed by atoms with Crippen LogP contribution < -0.4 is 9.47 Å². The van der Waals surface area contributed by atoms with Gasteiger partial charge >= 0.3 is 6.01 Å². The second-order valence-corrected chi connectivity index (χ2v) is 4.10. The zero-order valence-electron chi connectivity index (χ0n) is 12.0. The Bertz CT molecular complexity index is 639. The maximum atomic E-state index is 5.41. The van der Waals surface area contributed by atoms with Crippen LogP contribution in [0, 0.1) is 6.92 Å². The monoisotopic (exact) mass is 284 g/mol. The summed E-state index contributed by atoms with van der Waals surface area (Å²) in [5.74, 6) is 1.65. The first kappa shape index (κ1) is 14.6. The van der Waals surface area contributed by atoms with Gasteiger partial charge in [-0.25, -0.2) is 4.99 Å².